The Balaban J connectivity index is 1.78. The first-order valence-corrected chi connectivity index (χ1v) is 7.50. The van der Waals surface area contributed by atoms with Crippen LogP contribution in [0.3, 0.4) is 0 Å². The molecule has 5 nitrogen and oxygen atoms in total. The van der Waals surface area contributed by atoms with Gasteiger partial charge in [0.25, 0.3) is 0 Å². The standard InChI is InChI=1S/C16H21N5/c1-2-3-11-4-8-13(9-5-11)18-14-10-15(21-17)20-16(19-14)12-6-7-12/h4-5,8-10,12H,2-3,6-7,17H2,1H3,(H2,18,19,20,21). The maximum absolute atomic E-state index is 5.49. The predicted molar refractivity (Wildman–Crippen MR) is 85.5 cm³/mol. The van der Waals surface area contributed by atoms with Gasteiger partial charge in [-0.25, -0.2) is 15.8 Å². The summed E-state index contributed by atoms with van der Waals surface area (Å²) in [6, 6.07) is 10.3. The van der Waals surface area contributed by atoms with E-state index in [2.05, 4.69) is 51.9 Å². The molecule has 5 heteroatoms. The molecule has 1 fully saturated rings. The Morgan fingerprint density at radius 3 is 2.48 bits per heavy atom. The van der Waals surface area contributed by atoms with E-state index in [0.29, 0.717) is 11.7 Å². The number of nitrogens with one attached hydrogen (secondary N) is 2. The van der Waals surface area contributed by atoms with Crippen LogP contribution in [0.4, 0.5) is 17.3 Å². The molecule has 3 rings (SSSR count). The lowest BCUT2D eigenvalue weighted by Gasteiger charge is -2.10. The Hall–Kier alpha value is -2.14. The van der Waals surface area contributed by atoms with Gasteiger partial charge in [0.2, 0.25) is 0 Å². The number of rotatable bonds is 6. The summed E-state index contributed by atoms with van der Waals surface area (Å²) in [5.74, 6) is 8.28. The molecule has 4 N–H and O–H groups in total. The van der Waals surface area contributed by atoms with Crippen molar-refractivity contribution in [2.45, 2.75) is 38.5 Å². The molecule has 0 amide bonds. The van der Waals surface area contributed by atoms with E-state index < -0.39 is 0 Å². The van der Waals surface area contributed by atoms with Gasteiger partial charge in [0, 0.05) is 17.7 Å². The summed E-state index contributed by atoms with van der Waals surface area (Å²) in [7, 11) is 0. The van der Waals surface area contributed by atoms with Gasteiger partial charge in [0.1, 0.15) is 17.5 Å². The van der Waals surface area contributed by atoms with E-state index in [-0.39, 0.29) is 0 Å². The maximum Gasteiger partial charge on any atom is 0.145 e. The topological polar surface area (TPSA) is 75.9 Å². The van der Waals surface area contributed by atoms with Gasteiger partial charge in [0.05, 0.1) is 0 Å². The van der Waals surface area contributed by atoms with E-state index >= 15 is 0 Å². The van der Waals surface area contributed by atoms with Crippen LogP contribution in [0.2, 0.25) is 0 Å². The first-order valence-electron chi connectivity index (χ1n) is 7.50. The quantitative estimate of drug-likeness (QED) is 0.560. The Kier molecular flexibility index (Phi) is 4.01. The third-order valence-electron chi connectivity index (χ3n) is 3.60. The van der Waals surface area contributed by atoms with E-state index in [0.717, 1.165) is 30.2 Å². The number of hydrogen-bond acceptors (Lipinski definition) is 5. The number of nitrogens with two attached hydrogens (primary N) is 1. The maximum atomic E-state index is 5.49. The van der Waals surface area contributed by atoms with Crippen LogP contribution in [0, 0.1) is 0 Å². The molecule has 0 atom stereocenters. The molecule has 0 aliphatic heterocycles. The fraction of sp³-hybridized carbons (Fsp3) is 0.375. The molecule has 1 aliphatic carbocycles. The van der Waals surface area contributed by atoms with Gasteiger partial charge < -0.3 is 10.7 Å². The van der Waals surface area contributed by atoms with Gasteiger partial charge >= 0.3 is 0 Å². The Morgan fingerprint density at radius 1 is 1.14 bits per heavy atom. The minimum absolute atomic E-state index is 0.491. The summed E-state index contributed by atoms with van der Waals surface area (Å²) >= 11 is 0. The number of aromatic nitrogens is 2. The second-order valence-corrected chi connectivity index (χ2v) is 5.49. The summed E-state index contributed by atoms with van der Waals surface area (Å²) in [4.78, 5) is 8.99. The van der Waals surface area contributed by atoms with Gasteiger partial charge in [-0.1, -0.05) is 25.5 Å². The Labute approximate surface area is 125 Å². The predicted octanol–water partition coefficient (Wildman–Crippen LogP) is 3.34. The van der Waals surface area contributed by atoms with Gasteiger partial charge in [0.15, 0.2) is 0 Å². The lowest BCUT2D eigenvalue weighted by Crippen LogP contribution is -2.11. The minimum atomic E-state index is 0.491. The van der Waals surface area contributed by atoms with Crippen LogP contribution in [-0.2, 0) is 6.42 Å². The molecule has 1 saturated carbocycles. The van der Waals surface area contributed by atoms with Crippen LogP contribution in [0.25, 0.3) is 0 Å². The lowest BCUT2D eigenvalue weighted by molar-refractivity contribution is 0.921. The van der Waals surface area contributed by atoms with Crippen molar-refractivity contribution in [1.29, 1.82) is 0 Å². The number of anilines is 3. The summed E-state index contributed by atoms with van der Waals surface area (Å²) < 4.78 is 0. The molecule has 2 aromatic rings. The van der Waals surface area contributed by atoms with Gasteiger partial charge in [-0.3, -0.25) is 0 Å². The molecule has 0 saturated heterocycles. The highest BCUT2D eigenvalue weighted by Crippen LogP contribution is 2.39. The van der Waals surface area contributed by atoms with Crippen LogP contribution in [0.5, 0.6) is 0 Å². The molecular formula is C16H21N5. The molecule has 0 spiro atoms. The van der Waals surface area contributed by atoms with E-state index in [4.69, 9.17) is 5.84 Å². The highest BCUT2D eigenvalue weighted by Gasteiger charge is 2.27. The highest BCUT2D eigenvalue weighted by atomic mass is 15.3. The van der Waals surface area contributed by atoms with E-state index in [1.807, 2.05) is 6.07 Å². The number of aryl methyl sites for hydroxylation is 1. The second kappa shape index (κ2) is 6.10. The highest BCUT2D eigenvalue weighted by molar-refractivity contribution is 5.59. The van der Waals surface area contributed by atoms with Crippen LogP contribution >= 0.6 is 0 Å². The fourth-order valence-electron chi connectivity index (χ4n) is 2.32. The van der Waals surface area contributed by atoms with Crippen LogP contribution in [0.1, 0.15) is 43.5 Å². The second-order valence-electron chi connectivity index (χ2n) is 5.49. The lowest BCUT2D eigenvalue weighted by atomic mass is 10.1. The summed E-state index contributed by atoms with van der Waals surface area (Å²) in [5.41, 5.74) is 4.99. The molecule has 110 valence electrons. The van der Waals surface area contributed by atoms with Crippen LogP contribution < -0.4 is 16.6 Å². The average molecular weight is 283 g/mol. The molecule has 0 radical (unpaired) electrons. The Morgan fingerprint density at radius 2 is 1.86 bits per heavy atom. The van der Waals surface area contributed by atoms with Gasteiger partial charge in [-0.05, 0) is 37.0 Å². The first kappa shape index (κ1) is 13.8. The SMILES string of the molecule is CCCc1ccc(Nc2cc(NN)nc(C3CC3)n2)cc1. The summed E-state index contributed by atoms with van der Waals surface area (Å²) in [5, 5.41) is 3.32. The Bertz CT molecular complexity index is 605. The van der Waals surface area contributed by atoms with E-state index in [9.17, 15) is 0 Å². The number of benzene rings is 1. The average Bonchev–Trinajstić information content (AvgIpc) is 3.34. The smallest absolute Gasteiger partial charge is 0.145 e. The number of nitrogen functional groups attached to an aromatic ring is 1. The fourth-order valence-corrected chi connectivity index (χ4v) is 2.32. The number of hydrogen-bond donors (Lipinski definition) is 3. The first-order chi connectivity index (χ1) is 10.3. The van der Waals surface area contributed by atoms with Gasteiger partial charge in [-0.2, -0.15) is 0 Å². The van der Waals surface area contributed by atoms with Crippen molar-refractivity contribution in [2.24, 2.45) is 5.84 Å². The van der Waals surface area contributed by atoms with Crippen LogP contribution in [-0.4, -0.2) is 9.97 Å². The molecule has 1 aliphatic rings. The molecule has 21 heavy (non-hydrogen) atoms. The zero-order valence-corrected chi connectivity index (χ0v) is 12.3. The van der Waals surface area contributed by atoms with Crippen molar-refractivity contribution in [3.63, 3.8) is 0 Å². The monoisotopic (exact) mass is 283 g/mol. The molecule has 0 unspecified atom stereocenters. The largest absolute Gasteiger partial charge is 0.340 e. The summed E-state index contributed by atoms with van der Waals surface area (Å²) in [6.45, 7) is 2.19. The minimum Gasteiger partial charge on any atom is -0.340 e. The van der Waals surface area contributed by atoms with Crippen molar-refractivity contribution in [3.8, 4) is 0 Å². The van der Waals surface area contributed by atoms with E-state index in [1.165, 1.54) is 18.4 Å². The van der Waals surface area contributed by atoms with Crippen molar-refractivity contribution >= 4 is 17.3 Å². The van der Waals surface area contributed by atoms with Crippen LogP contribution in [0.15, 0.2) is 30.3 Å². The van der Waals surface area contributed by atoms with Crippen molar-refractivity contribution < 1.29 is 0 Å². The number of hydrazine groups is 1. The number of nitrogens with zero attached hydrogens (tertiary/aromatic N) is 2. The third-order valence-corrected chi connectivity index (χ3v) is 3.60. The molecule has 1 aromatic heterocycles. The third kappa shape index (κ3) is 3.49. The van der Waals surface area contributed by atoms with Crippen molar-refractivity contribution in [2.75, 3.05) is 10.7 Å². The zero-order chi connectivity index (χ0) is 14.7. The summed E-state index contributed by atoms with van der Waals surface area (Å²) in [6.07, 6.45) is 4.61. The zero-order valence-electron chi connectivity index (χ0n) is 12.3. The van der Waals surface area contributed by atoms with Crippen molar-refractivity contribution in [3.05, 3.63) is 41.7 Å². The van der Waals surface area contributed by atoms with Crippen molar-refractivity contribution in [1.82, 2.24) is 9.97 Å². The molecule has 0 bridgehead atoms. The van der Waals surface area contributed by atoms with Gasteiger partial charge in [-0.15, -0.1) is 0 Å². The molecular weight excluding hydrogens is 262 g/mol. The molecule has 1 heterocycles. The molecule has 1 aromatic carbocycles. The normalized spacial score (nSPS) is 14.0. The van der Waals surface area contributed by atoms with E-state index in [1.54, 1.807) is 0 Å².